The Morgan fingerprint density at radius 3 is 2.24 bits per heavy atom. The van der Waals surface area contributed by atoms with E-state index in [0.29, 0.717) is 23.0 Å². The Balaban J connectivity index is 2.03. The van der Waals surface area contributed by atoms with Gasteiger partial charge < -0.3 is 13.9 Å². The summed E-state index contributed by atoms with van der Waals surface area (Å²) >= 11 is 0. The Morgan fingerprint density at radius 1 is 0.960 bits per heavy atom. The van der Waals surface area contributed by atoms with Crippen LogP contribution < -0.4 is 4.74 Å². The van der Waals surface area contributed by atoms with Gasteiger partial charge in [-0.3, -0.25) is 4.79 Å². The number of rotatable bonds is 4. The summed E-state index contributed by atoms with van der Waals surface area (Å²) in [4.78, 5) is 27.3. The molecule has 0 unspecified atom stereocenters. The van der Waals surface area contributed by atoms with Crippen molar-refractivity contribution < 1.29 is 23.5 Å². The predicted molar refractivity (Wildman–Crippen MR) is 90.0 cm³/mol. The molecule has 6 heteroatoms. The number of nitrogens with zero attached hydrogens (tertiary/aromatic N) is 1. The first kappa shape index (κ1) is 16.4. The van der Waals surface area contributed by atoms with Crippen molar-refractivity contribution in [3.05, 3.63) is 60.3 Å². The summed E-state index contributed by atoms with van der Waals surface area (Å²) in [6.07, 6.45) is 0. The first-order valence-electron chi connectivity index (χ1n) is 7.52. The smallest absolute Gasteiger partial charge is 0.360 e. The number of carbonyl (C=O) groups is 2. The average Bonchev–Trinajstić information content (AvgIpc) is 3.07. The van der Waals surface area contributed by atoms with Gasteiger partial charge in [0.2, 0.25) is 5.89 Å². The van der Waals surface area contributed by atoms with Gasteiger partial charge in [-0.2, -0.15) is 0 Å². The molecule has 25 heavy (non-hydrogen) atoms. The molecule has 0 saturated carbocycles. The molecule has 0 aliphatic rings. The first-order chi connectivity index (χ1) is 12.1. The van der Waals surface area contributed by atoms with Gasteiger partial charge in [0.05, 0.1) is 7.11 Å². The van der Waals surface area contributed by atoms with Gasteiger partial charge in [-0.25, -0.2) is 9.78 Å². The monoisotopic (exact) mass is 337 g/mol. The van der Waals surface area contributed by atoms with Crippen LogP contribution in [-0.2, 0) is 9.53 Å². The normalized spacial score (nSPS) is 10.3. The number of oxazole rings is 1. The lowest BCUT2D eigenvalue weighted by molar-refractivity contribution is -0.131. The maximum absolute atomic E-state index is 12.1. The highest BCUT2D eigenvalue weighted by Crippen LogP contribution is 2.31. The van der Waals surface area contributed by atoms with E-state index in [2.05, 4.69) is 4.98 Å². The van der Waals surface area contributed by atoms with Crippen LogP contribution in [0.4, 0.5) is 0 Å². The van der Waals surface area contributed by atoms with E-state index in [4.69, 9.17) is 13.9 Å². The largest absolute Gasteiger partial charge is 0.464 e. The number of aromatic nitrogens is 1. The van der Waals surface area contributed by atoms with Crippen LogP contribution in [0.1, 0.15) is 17.4 Å². The molecule has 3 rings (SSSR count). The third-order valence-corrected chi connectivity index (χ3v) is 3.40. The SMILES string of the molecule is COC(=O)c1nc(-c2ccccc2)oc1-c1ccc(OC(C)=O)cc1. The summed E-state index contributed by atoms with van der Waals surface area (Å²) in [6.45, 7) is 1.33. The van der Waals surface area contributed by atoms with Crippen molar-refractivity contribution in [3.63, 3.8) is 0 Å². The zero-order chi connectivity index (χ0) is 17.8. The van der Waals surface area contributed by atoms with Crippen molar-refractivity contribution in [1.29, 1.82) is 0 Å². The maximum atomic E-state index is 12.1. The van der Waals surface area contributed by atoms with E-state index in [1.807, 2.05) is 30.3 Å². The van der Waals surface area contributed by atoms with Gasteiger partial charge in [0.15, 0.2) is 11.5 Å². The van der Waals surface area contributed by atoms with E-state index < -0.39 is 11.9 Å². The lowest BCUT2D eigenvalue weighted by atomic mass is 10.1. The molecule has 0 radical (unpaired) electrons. The molecule has 1 aromatic heterocycles. The molecule has 0 saturated heterocycles. The molecule has 0 N–H and O–H groups in total. The Hall–Kier alpha value is -3.41. The summed E-state index contributed by atoms with van der Waals surface area (Å²) in [6, 6.07) is 15.8. The van der Waals surface area contributed by atoms with Crippen molar-refractivity contribution in [2.45, 2.75) is 6.92 Å². The minimum atomic E-state index is -0.593. The van der Waals surface area contributed by atoms with Gasteiger partial charge >= 0.3 is 11.9 Å². The number of esters is 2. The Bertz CT molecular complexity index is 897. The van der Waals surface area contributed by atoms with Crippen LogP contribution in [0.2, 0.25) is 0 Å². The number of carbonyl (C=O) groups excluding carboxylic acids is 2. The van der Waals surface area contributed by atoms with Crippen LogP contribution in [0.3, 0.4) is 0 Å². The van der Waals surface area contributed by atoms with E-state index in [1.165, 1.54) is 14.0 Å². The molecular formula is C19H15NO5. The summed E-state index contributed by atoms with van der Waals surface area (Å²) in [5.74, 6) is 0.0119. The van der Waals surface area contributed by atoms with Crippen molar-refractivity contribution >= 4 is 11.9 Å². The molecule has 0 amide bonds. The quantitative estimate of drug-likeness (QED) is 0.533. The molecule has 0 fully saturated rings. The lowest BCUT2D eigenvalue weighted by Gasteiger charge is -2.03. The molecule has 0 spiro atoms. The van der Waals surface area contributed by atoms with Gasteiger partial charge in [-0.15, -0.1) is 0 Å². The minimum absolute atomic E-state index is 0.0848. The Labute approximate surface area is 144 Å². The van der Waals surface area contributed by atoms with Crippen molar-refractivity contribution in [2.75, 3.05) is 7.11 Å². The molecule has 0 bridgehead atoms. The van der Waals surface area contributed by atoms with Crippen LogP contribution in [-0.4, -0.2) is 24.0 Å². The van der Waals surface area contributed by atoms with E-state index >= 15 is 0 Å². The highest BCUT2D eigenvalue weighted by atomic mass is 16.5. The standard InChI is InChI=1S/C19H15NO5/c1-12(21)24-15-10-8-13(9-11-15)17-16(19(22)23-2)20-18(25-17)14-6-4-3-5-7-14/h3-11H,1-2H3. The molecule has 0 aliphatic carbocycles. The molecule has 2 aromatic carbocycles. The molecule has 1 heterocycles. The second-order valence-corrected chi connectivity index (χ2v) is 5.17. The Kier molecular flexibility index (Phi) is 4.61. The first-order valence-corrected chi connectivity index (χ1v) is 7.52. The predicted octanol–water partition coefficient (Wildman–Crippen LogP) is 3.72. The fourth-order valence-corrected chi connectivity index (χ4v) is 2.30. The second-order valence-electron chi connectivity index (χ2n) is 5.17. The summed E-state index contributed by atoms with van der Waals surface area (Å²) in [5, 5.41) is 0. The molecule has 0 aliphatic heterocycles. The zero-order valence-electron chi connectivity index (χ0n) is 13.7. The number of benzene rings is 2. The van der Waals surface area contributed by atoms with E-state index in [1.54, 1.807) is 24.3 Å². The van der Waals surface area contributed by atoms with Crippen LogP contribution in [0.5, 0.6) is 5.75 Å². The van der Waals surface area contributed by atoms with Crippen molar-refractivity contribution in [3.8, 4) is 28.5 Å². The highest BCUT2D eigenvalue weighted by Gasteiger charge is 2.22. The highest BCUT2D eigenvalue weighted by molar-refractivity contribution is 5.94. The molecule has 3 aromatic rings. The van der Waals surface area contributed by atoms with Gasteiger partial charge in [0.1, 0.15) is 5.75 Å². The molecule has 0 atom stereocenters. The van der Waals surface area contributed by atoms with E-state index in [0.717, 1.165) is 5.56 Å². The number of hydrogen-bond donors (Lipinski definition) is 0. The van der Waals surface area contributed by atoms with E-state index in [-0.39, 0.29) is 5.69 Å². The summed E-state index contributed by atoms with van der Waals surface area (Å²) in [7, 11) is 1.28. The number of methoxy groups -OCH3 is 1. The molecule has 126 valence electrons. The summed E-state index contributed by atoms with van der Waals surface area (Å²) < 4.78 is 15.6. The maximum Gasteiger partial charge on any atom is 0.360 e. The lowest BCUT2D eigenvalue weighted by Crippen LogP contribution is -2.03. The van der Waals surface area contributed by atoms with Crippen LogP contribution >= 0.6 is 0 Å². The average molecular weight is 337 g/mol. The molecule has 6 nitrogen and oxygen atoms in total. The van der Waals surface area contributed by atoms with Gasteiger partial charge in [-0.05, 0) is 36.4 Å². The molecular weight excluding hydrogens is 322 g/mol. The summed E-state index contributed by atoms with van der Waals surface area (Å²) in [5.41, 5.74) is 1.45. The zero-order valence-corrected chi connectivity index (χ0v) is 13.7. The number of hydrogen-bond acceptors (Lipinski definition) is 6. The third kappa shape index (κ3) is 3.58. The fraction of sp³-hybridized carbons (Fsp3) is 0.105. The van der Waals surface area contributed by atoms with Crippen LogP contribution in [0.25, 0.3) is 22.8 Å². The van der Waals surface area contributed by atoms with Crippen LogP contribution in [0, 0.1) is 0 Å². The van der Waals surface area contributed by atoms with Gasteiger partial charge in [0.25, 0.3) is 0 Å². The van der Waals surface area contributed by atoms with Crippen molar-refractivity contribution in [1.82, 2.24) is 4.98 Å². The van der Waals surface area contributed by atoms with Crippen LogP contribution in [0.15, 0.2) is 59.0 Å². The van der Waals surface area contributed by atoms with Gasteiger partial charge in [-0.1, -0.05) is 18.2 Å². The Morgan fingerprint density at radius 2 is 1.64 bits per heavy atom. The van der Waals surface area contributed by atoms with E-state index in [9.17, 15) is 9.59 Å². The fourth-order valence-electron chi connectivity index (χ4n) is 2.30. The minimum Gasteiger partial charge on any atom is -0.464 e. The van der Waals surface area contributed by atoms with Crippen molar-refractivity contribution in [2.24, 2.45) is 0 Å². The number of ether oxygens (including phenoxy) is 2. The van der Waals surface area contributed by atoms with Gasteiger partial charge in [0, 0.05) is 18.1 Å². The second kappa shape index (κ2) is 7.00. The topological polar surface area (TPSA) is 78.6 Å². The third-order valence-electron chi connectivity index (χ3n) is 3.40.